The van der Waals surface area contributed by atoms with Gasteiger partial charge < -0.3 is 19.7 Å². The highest BCUT2D eigenvalue weighted by molar-refractivity contribution is 5.80. The maximum absolute atomic E-state index is 11.8. The first-order valence-corrected chi connectivity index (χ1v) is 10.4. The average molecular weight is 391 g/mol. The molecule has 3 rings (SSSR count). The van der Waals surface area contributed by atoms with E-state index in [1.54, 1.807) is 4.90 Å². The van der Waals surface area contributed by atoms with Crippen molar-refractivity contribution in [1.29, 1.82) is 0 Å². The fourth-order valence-electron chi connectivity index (χ4n) is 3.83. The lowest BCUT2D eigenvalue weighted by Crippen LogP contribution is -2.52. The summed E-state index contributed by atoms with van der Waals surface area (Å²) in [6.07, 6.45) is 5.28. The first-order chi connectivity index (χ1) is 13.6. The Hall–Kier alpha value is -2.16. The Morgan fingerprint density at radius 3 is 2.61 bits per heavy atom. The number of carbonyl (C=O) groups excluding carboxylic acids is 1. The molecule has 0 radical (unpaired) electrons. The van der Waals surface area contributed by atoms with Crippen LogP contribution < -0.4 is 5.32 Å². The normalized spacial score (nSPS) is 18.5. The zero-order valence-corrected chi connectivity index (χ0v) is 17.5. The highest BCUT2D eigenvalue weighted by Gasteiger charge is 2.21. The lowest BCUT2D eigenvalue weighted by atomic mass is 10.2. The summed E-state index contributed by atoms with van der Waals surface area (Å²) in [5.74, 6) is 3.21. The molecular formula is C19H34N8O. The van der Waals surface area contributed by atoms with Gasteiger partial charge in [0.2, 0.25) is 5.91 Å². The summed E-state index contributed by atoms with van der Waals surface area (Å²) in [7, 11) is 5.45. The minimum absolute atomic E-state index is 0.187. The molecule has 9 heteroatoms. The number of aryl methyl sites for hydroxylation is 1. The van der Waals surface area contributed by atoms with Crippen molar-refractivity contribution in [2.24, 2.45) is 4.99 Å². The molecule has 1 aromatic rings. The molecule has 0 spiro atoms. The predicted molar refractivity (Wildman–Crippen MR) is 109 cm³/mol. The number of rotatable bonds is 5. The van der Waals surface area contributed by atoms with Crippen LogP contribution in [0.25, 0.3) is 0 Å². The predicted octanol–water partition coefficient (Wildman–Crippen LogP) is 0.176. The molecule has 1 fully saturated rings. The van der Waals surface area contributed by atoms with Gasteiger partial charge in [-0.3, -0.25) is 14.7 Å². The number of hydrogen-bond acceptors (Lipinski definition) is 5. The van der Waals surface area contributed by atoms with E-state index in [4.69, 9.17) is 0 Å². The Morgan fingerprint density at radius 2 is 1.89 bits per heavy atom. The van der Waals surface area contributed by atoms with Crippen molar-refractivity contribution in [2.75, 3.05) is 53.9 Å². The zero-order valence-electron chi connectivity index (χ0n) is 17.5. The number of nitrogens with one attached hydrogen (secondary N) is 1. The number of amides is 1. The summed E-state index contributed by atoms with van der Waals surface area (Å²) >= 11 is 0. The second kappa shape index (κ2) is 9.86. The van der Waals surface area contributed by atoms with Crippen molar-refractivity contribution in [3.05, 3.63) is 11.6 Å². The Morgan fingerprint density at radius 1 is 1.11 bits per heavy atom. The van der Waals surface area contributed by atoms with E-state index in [9.17, 15) is 4.79 Å². The molecule has 0 bridgehead atoms. The van der Waals surface area contributed by atoms with Crippen LogP contribution in [0.3, 0.4) is 0 Å². The van der Waals surface area contributed by atoms with E-state index >= 15 is 0 Å². The van der Waals surface area contributed by atoms with Crippen molar-refractivity contribution in [3.8, 4) is 0 Å². The standard InChI is InChI=1S/C19H34N8O/c1-20-19(21-15-17-23-22-16-7-5-4-6-9-27(16)17)26-13-11-25(12-14-26)10-8-18(28)24(2)3/h4-15H2,1-3H3,(H,20,21). The smallest absolute Gasteiger partial charge is 0.223 e. The minimum atomic E-state index is 0.187. The third-order valence-corrected chi connectivity index (χ3v) is 5.62. The molecule has 2 aliphatic rings. The molecule has 2 aliphatic heterocycles. The van der Waals surface area contributed by atoms with Crippen LogP contribution in [0.2, 0.25) is 0 Å². The summed E-state index contributed by atoms with van der Waals surface area (Å²) in [6.45, 7) is 6.20. The number of piperazine rings is 1. The number of aromatic nitrogens is 3. The van der Waals surface area contributed by atoms with Crippen LogP contribution in [-0.2, 0) is 24.3 Å². The monoisotopic (exact) mass is 390 g/mol. The quantitative estimate of drug-likeness (QED) is 0.570. The van der Waals surface area contributed by atoms with Gasteiger partial charge in [0.25, 0.3) is 0 Å². The number of fused-ring (bicyclic) bond motifs is 1. The molecule has 3 heterocycles. The van der Waals surface area contributed by atoms with Gasteiger partial charge in [-0.05, 0) is 12.8 Å². The van der Waals surface area contributed by atoms with E-state index in [1.807, 2.05) is 21.1 Å². The first-order valence-electron chi connectivity index (χ1n) is 10.4. The second-order valence-corrected chi connectivity index (χ2v) is 7.76. The third-order valence-electron chi connectivity index (χ3n) is 5.62. The number of aliphatic imine (C=N–C) groups is 1. The van der Waals surface area contributed by atoms with E-state index in [0.29, 0.717) is 13.0 Å². The molecule has 156 valence electrons. The summed E-state index contributed by atoms with van der Waals surface area (Å²) < 4.78 is 2.27. The SMILES string of the molecule is CN=C(NCc1nnc2n1CCCCC2)N1CCN(CCC(=O)N(C)C)CC1. The van der Waals surface area contributed by atoms with E-state index in [1.165, 1.54) is 19.3 Å². The largest absolute Gasteiger partial charge is 0.349 e. The molecule has 1 aromatic heterocycles. The van der Waals surface area contributed by atoms with Gasteiger partial charge in [0.05, 0.1) is 6.54 Å². The highest BCUT2D eigenvalue weighted by atomic mass is 16.2. The lowest BCUT2D eigenvalue weighted by Gasteiger charge is -2.36. The average Bonchev–Trinajstić information content (AvgIpc) is 2.93. The fraction of sp³-hybridized carbons (Fsp3) is 0.789. The second-order valence-electron chi connectivity index (χ2n) is 7.76. The van der Waals surface area contributed by atoms with Crippen molar-refractivity contribution >= 4 is 11.9 Å². The molecule has 0 aliphatic carbocycles. The van der Waals surface area contributed by atoms with Gasteiger partial charge >= 0.3 is 0 Å². The topological polar surface area (TPSA) is 81.9 Å². The fourth-order valence-corrected chi connectivity index (χ4v) is 3.83. The zero-order chi connectivity index (χ0) is 19.9. The molecule has 0 unspecified atom stereocenters. The first kappa shape index (κ1) is 20.6. The molecule has 0 atom stereocenters. The van der Waals surface area contributed by atoms with Crippen LogP contribution in [0.5, 0.6) is 0 Å². The number of guanidine groups is 1. The number of carbonyl (C=O) groups is 1. The van der Waals surface area contributed by atoms with Crippen LogP contribution in [0.4, 0.5) is 0 Å². The van der Waals surface area contributed by atoms with Crippen LogP contribution >= 0.6 is 0 Å². The highest BCUT2D eigenvalue weighted by Crippen LogP contribution is 2.14. The van der Waals surface area contributed by atoms with E-state index in [-0.39, 0.29) is 5.91 Å². The van der Waals surface area contributed by atoms with Crippen molar-refractivity contribution < 1.29 is 4.79 Å². The summed E-state index contributed by atoms with van der Waals surface area (Å²) in [6, 6.07) is 0. The van der Waals surface area contributed by atoms with Gasteiger partial charge in [-0.15, -0.1) is 10.2 Å². The van der Waals surface area contributed by atoms with E-state index < -0.39 is 0 Å². The van der Waals surface area contributed by atoms with Crippen LogP contribution in [0, 0.1) is 0 Å². The van der Waals surface area contributed by atoms with Gasteiger partial charge in [-0.1, -0.05) is 6.42 Å². The van der Waals surface area contributed by atoms with E-state index in [2.05, 4.69) is 34.9 Å². The Labute approximate surface area is 167 Å². The molecule has 1 amide bonds. The van der Waals surface area contributed by atoms with Crippen molar-refractivity contribution in [1.82, 2.24) is 34.8 Å². The van der Waals surface area contributed by atoms with Crippen molar-refractivity contribution in [2.45, 2.75) is 45.2 Å². The van der Waals surface area contributed by atoms with Crippen LogP contribution in [-0.4, -0.2) is 95.2 Å². The molecule has 28 heavy (non-hydrogen) atoms. The van der Waals surface area contributed by atoms with Crippen LogP contribution in [0.1, 0.15) is 37.3 Å². The Bertz CT molecular complexity index is 675. The molecule has 0 saturated carbocycles. The van der Waals surface area contributed by atoms with Crippen molar-refractivity contribution in [3.63, 3.8) is 0 Å². The minimum Gasteiger partial charge on any atom is -0.349 e. The summed E-state index contributed by atoms with van der Waals surface area (Å²) in [5.41, 5.74) is 0. The maximum Gasteiger partial charge on any atom is 0.223 e. The van der Waals surface area contributed by atoms with Gasteiger partial charge in [0.1, 0.15) is 5.82 Å². The van der Waals surface area contributed by atoms with Gasteiger partial charge in [0.15, 0.2) is 11.8 Å². The molecular weight excluding hydrogens is 356 g/mol. The Balaban J connectivity index is 1.46. The third kappa shape index (κ3) is 5.21. The van der Waals surface area contributed by atoms with E-state index in [0.717, 1.165) is 63.3 Å². The summed E-state index contributed by atoms with van der Waals surface area (Å²) in [5, 5.41) is 12.2. The van der Waals surface area contributed by atoms with Gasteiger partial charge in [-0.25, -0.2) is 0 Å². The lowest BCUT2D eigenvalue weighted by molar-refractivity contribution is -0.129. The number of hydrogen-bond donors (Lipinski definition) is 1. The molecule has 9 nitrogen and oxygen atoms in total. The maximum atomic E-state index is 11.8. The Kier molecular flexibility index (Phi) is 7.24. The van der Waals surface area contributed by atoms with Gasteiger partial charge in [0, 0.05) is 73.3 Å². The molecule has 1 N–H and O–H groups in total. The van der Waals surface area contributed by atoms with Crippen LogP contribution in [0.15, 0.2) is 4.99 Å². The molecule has 0 aromatic carbocycles. The van der Waals surface area contributed by atoms with Gasteiger partial charge in [-0.2, -0.15) is 0 Å². The number of nitrogens with zero attached hydrogens (tertiary/aromatic N) is 7. The summed E-state index contributed by atoms with van der Waals surface area (Å²) in [4.78, 5) is 22.5. The molecule has 1 saturated heterocycles.